The summed E-state index contributed by atoms with van der Waals surface area (Å²) in [6, 6.07) is 0. The summed E-state index contributed by atoms with van der Waals surface area (Å²) in [5.74, 6) is 0.495. The lowest BCUT2D eigenvalue weighted by Crippen LogP contribution is -2.13. The Morgan fingerprint density at radius 3 is 3.20 bits per heavy atom. The predicted molar refractivity (Wildman–Crippen MR) is 33.6 cm³/mol. The largest absolute Gasteiger partial charge is 0.368 e. The first-order valence-electron chi connectivity index (χ1n) is 2.89. The SMILES string of the molecule is Nc1nc[nH+]c2[nH+]c[nH]c12. The highest BCUT2D eigenvalue weighted by Crippen LogP contribution is 2.03. The van der Waals surface area contributed by atoms with Crippen LogP contribution in [0.4, 0.5) is 5.82 Å². The molecule has 5 nitrogen and oxygen atoms in total. The average Bonchev–Trinajstić information content (AvgIpc) is 2.36. The lowest BCUT2D eigenvalue weighted by atomic mass is 10.5. The fourth-order valence-electron chi connectivity index (χ4n) is 0.872. The van der Waals surface area contributed by atoms with Gasteiger partial charge in [0, 0.05) is 4.98 Å². The van der Waals surface area contributed by atoms with Gasteiger partial charge in [-0.2, -0.15) is 9.97 Å². The summed E-state index contributed by atoms with van der Waals surface area (Å²) >= 11 is 0. The van der Waals surface area contributed by atoms with Crippen LogP contribution in [0.15, 0.2) is 12.7 Å². The Morgan fingerprint density at radius 2 is 2.40 bits per heavy atom. The smallest absolute Gasteiger partial charge is 0.353 e. The van der Waals surface area contributed by atoms with Crippen molar-refractivity contribution in [3.8, 4) is 0 Å². The van der Waals surface area contributed by atoms with Gasteiger partial charge in [-0.1, -0.05) is 0 Å². The average molecular weight is 137 g/mol. The molecule has 0 aromatic carbocycles. The molecule has 0 aliphatic carbocycles. The van der Waals surface area contributed by atoms with Gasteiger partial charge in [0.1, 0.15) is 0 Å². The predicted octanol–water partition coefficient (Wildman–Crippen LogP) is -1.23. The van der Waals surface area contributed by atoms with Gasteiger partial charge >= 0.3 is 17.8 Å². The molecule has 10 heavy (non-hydrogen) atoms. The summed E-state index contributed by atoms with van der Waals surface area (Å²) in [6.07, 6.45) is 3.24. The quantitative estimate of drug-likeness (QED) is 0.476. The van der Waals surface area contributed by atoms with E-state index in [4.69, 9.17) is 5.73 Å². The number of nitrogens with two attached hydrogens (primary N) is 1. The number of anilines is 1. The molecule has 2 heterocycles. The lowest BCUT2D eigenvalue weighted by molar-refractivity contribution is -0.469. The Morgan fingerprint density at radius 1 is 1.50 bits per heavy atom. The van der Waals surface area contributed by atoms with Crippen LogP contribution < -0.4 is 15.7 Å². The van der Waals surface area contributed by atoms with Gasteiger partial charge in [0.05, 0.1) is 0 Å². The van der Waals surface area contributed by atoms with Crippen molar-refractivity contribution < 1.29 is 9.97 Å². The van der Waals surface area contributed by atoms with Crippen molar-refractivity contribution in [3.05, 3.63) is 12.7 Å². The van der Waals surface area contributed by atoms with Crippen LogP contribution >= 0.6 is 0 Å². The molecule has 0 saturated heterocycles. The highest BCUT2D eigenvalue weighted by molar-refractivity contribution is 5.75. The Hall–Kier alpha value is -1.65. The molecule has 5 heteroatoms. The number of nitrogen functional groups attached to an aromatic ring is 1. The van der Waals surface area contributed by atoms with Gasteiger partial charge in [-0.3, -0.25) is 0 Å². The number of aromatic nitrogens is 4. The van der Waals surface area contributed by atoms with E-state index in [9.17, 15) is 0 Å². The number of imidazole rings is 1. The zero-order valence-electron chi connectivity index (χ0n) is 5.18. The Labute approximate surface area is 56.3 Å². The van der Waals surface area contributed by atoms with Gasteiger partial charge in [0.25, 0.3) is 0 Å². The van der Waals surface area contributed by atoms with Crippen LogP contribution in [0.5, 0.6) is 0 Å². The van der Waals surface area contributed by atoms with Gasteiger partial charge in [0.2, 0.25) is 5.52 Å². The van der Waals surface area contributed by atoms with Crippen molar-refractivity contribution in [2.45, 2.75) is 0 Å². The maximum absolute atomic E-state index is 5.52. The zero-order chi connectivity index (χ0) is 6.97. The van der Waals surface area contributed by atoms with Crippen molar-refractivity contribution in [3.63, 3.8) is 0 Å². The lowest BCUT2D eigenvalue weighted by Gasteiger charge is -1.76. The second-order valence-electron chi connectivity index (χ2n) is 1.97. The van der Waals surface area contributed by atoms with E-state index in [0.29, 0.717) is 5.82 Å². The maximum atomic E-state index is 5.52. The van der Waals surface area contributed by atoms with Crippen LogP contribution in [0.2, 0.25) is 0 Å². The van der Waals surface area contributed by atoms with E-state index in [-0.39, 0.29) is 0 Å². The van der Waals surface area contributed by atoms with Crippen molar-refractivity contribution in [1.82, 2.24) is 9.97 Å². The van der Waals surface area contributed by atoms with E-state index in [0.717, 1.165) is 11.2 Å². The van der Waals surface area contributed by atoms with E-state index >= 15 is 0 Å². The van der Waals surface area contributed by atoms with Crippen LogP contribution in [-0.2, 0) is 0 Å². The molecule has 0 unspecified atom stereocenters. The van der Waals surface area contributed by atoms with Gasteiger partial charge in [-0.25, -0.2) is 0 Å². The summed E-state index contributed by atoms with van der Waals surface area (Å²) in [5, 5.41) is 0. The molecule has 0 bridgehead atoms. The first-order chi connectivity index (χ1) is 4.88. The Balaban J connectivity index is 2.95. The molecule has 0 atom stereocenters. The number of hydrogen-bond donors (Lipinski definition) is 2. The van der Waals surface area contributed by atoms with Gasteiger partial charge in [-0.05, 0) is 0 Å². The number of aromatic amines is 3. The number of H-pyrrole nitrogens is 3. The van der Waals surface area contributed by atoms with Gasteiger partial charge in [0.15, 0.2) is 6.33 Å². The minimum absolute atomic E-state index is 0.495. The van der Waals surface area contributed by atoms with Crippen LogP contribution in [0.3, 0.4) is 0 Å². The molecule has 0 aliphatic rings. The molecule has 0 aliphatic heterocycles. The van der Waals surface area contributed by atoms with E-state index in [1.807, 2.05) is 0 Å². The normalized spacial score (nSPS) is 10.4. The summed E-state index contributed by atoms with van der Waals surface area (Å²) in [6.45, 7) is 0. The van der Waals surface area contributed by atoms with Crippen LogP contribution in [0.25, 0.3) is 11.2 Å². The first-order valence-corrected chi connectivity index (χ1v) is 2.89. The zero-order valence-corrected chi connectivity index (χ0v) is 5.18. The monoisotopic (exact) mass is 137 g/mol. The highest BCUT2D eigenvalue weighted by atomic mass is 15.0. The van der Waals surface area contributed by atoms with E-state index in [1.54, 1.807) is 12.7 Å². The molecule has 0 amide bonds. The molecule has 2 aromatic heterocycles. The molecule has 0 saturated carbocycles. The summed E-state index contributed by atoms with van der Waals surface area (Å²) < 4.78 is 0. The Kier molecular flexibility index (Phi) is 0.858. The number of rotatable bonds is 0. The second kappa shape index (κ2) is 1.66. The van der Waals surface area contributed by atoms with Crippen molar-refractivity contribution in [2.24, 2.45) is 0 Å². The molecule has 50 valence electrons. The standard InChI is InChI=1S/C5H5N5/c6-4-3-5(9-1-7-3)10-2-8-4/h1-2H,(H3,6,7,8,9,10)/p+2. The van der Waals surface area contributed by atoms with Crippen molar-refractivity contribution in [1.29, 1.82) is 0 Å². The minimum Gasteiger partial charge on any atom is -0.353 e. The van der Waals surface area contributed by atoms with E-state index < -0.39 is 0 Å². The van der Waals surface area contributed by atoms with E-state index in [2.05, 4.69) is 19.9 Å². The molecule has 0 radical (unpaired) electrons. The van der Waals surface area contributed by atoms with Crippen LogP contribution in [-0.4, -0.2) is 9.97 Å². The topological polar surface area (TPSA) is 83.0 Å². The fraction of sp³-hybridized carbons (Fsp3) is 0. The minimum atomic E-state index is 0.495. The summed E-state index contributed by atoms with van der Waals surface area (Å²) in [4.78, 5) is 12.6. The number of nitrogens with one attached hydrogen (secondary N) is 3. The molecular weight excluding hydrogens is 130 g/mol. The third-order valence-electron chi connectivity index (χ3n) is 1.35. The molecule has 2 aromatic rings. The number of hydrogen-bond acceptors (Lipinski definition) is 2. The molecule has 0 spiro atoms. The summed E-state index contributed by atoms with van der Waals surface area (Å²) in [7, 11) is 0. The molecule has 0 fully saturated rings. The van der Waals surface area contributed by atoms with Crippen LogP contribution in [0.1, 0.15) is 0 Å². The number of nitrogens with zero attached hydrogens (tertiary/aromatic N) is 1. The van der Waals surface area contributed by atoms with Crippen molar-refractivity contribution >= 4 is 17.0 Å². The molecule has 2 rings (SSSR count). The van der Waals surface area contributed by atoms with Crippen molar-refractivity contribution in [2.75, 3.05) is 5.73 Å². The number of fused-ring (bicyclic) bond motifs is 1. The van der Waals surface area contributed by atoms with Crippen LogP contribution in [0, 0.1) is 0 Å². The second-order valence-corrected chi connectivity index (χ2v) is 1.97. The highest BCUT2D eigenvalue weighted by Gasteiger charge is 2.12. The Bertz CT molecular complexity index is 352. The summed E-state index contributed by atoms with van der Waals surface area (Å²) in [5.41, 5.74) is 7.18. The maximum Gasteiger partial charge on any atom is 0.368 e. The van der Waals surface area contributed by atoms with Gasteiger partial charge < -0.3 is 10.7 Å². The third-order valence-corrected chi connectivity index (χ3v) is 1.35. The van der Waals surface area contributed by atoms with E-state index in [1.165, 1.54) is 0 Å². The third kappa shape index (κ3) is 0.540. The first kappa shape index (κ1) is 5.16. The molecule has 5 N–H and O–H groups in total. The fourth-order valence-corrected chi connectivity index (χ4v) is 0.872. The van der Waals surface area contributed by atoms with Gasteiger partial charge in [-0.15, -0.1) is 0 Å². The molecular formula is C5H7N5+2.